The molecule has 0 bridgehead atoms. The summed E-state index contributed by atoms with van der Waals surface area (Å²) < 4.78 is 13.6. The Morgan fingerprint density at radius 2 is 2.05 bits per heavy atom. The zero-order valence-corrected chi connectivity index (χ0v) is 11.7. The molecule has 0 spiro atoms. The summed E-state index contributed by atoms with van der Waals surface area (Å²) >= 11 is 5.66. The first-order valence-electron chi connectivity index (χ1n) is 6.10. The molecule has 0 aliphatic heterocycles. The van der Waals surface area contributed by atoms with E-state index < -0.39 is 11.7 Å². The van der Waals surface area contributed by atoms with Crippen molar-refractivity contribution in [3.05, 3.63) is 64.4 Å². The van der Waals surface area contributed by atoms with E-state index in [9.17, 15) is 9.18 Å². The molecule has 0 unspecified atom stereocenters. The van der Waals surface area contributed by atoms with Gasteiger partial charge >= 0.3 is 0 Å². The maximum atomic E-state index is 13.6. The maximum Gasteiger partial charge on any atom is 0.258 e. The molecule has 2 rings (SSSR count). The van der Waals surface area contributed by atoms with Crippen LogP contribution in [0.25, 0.3) is 0 Å². The Labute approximate surface area is 121 Å². The second-order valence-electron chi connectivity index (χ2n) is 4.31. The minimum atomic E-state index is -0.638. The van der Waals surface area contributed by atoms with Crippen molar-refractivity contribution in [1.29, 1.82) is 0 Å². The van der Waals surface area contributed by atoms with Crippen LogP contribution in [0.5, 0.6) is 0 Å². The first-order chi connectivity index (χ1) is 9.60. The number of hydrogen-bond acceptors (Lipinski definition) is 2. The van der Waals surface area contributed by atoms with Crippen molar-refractivity contribution in [2.75, 3.05) is 12.4 Å². The molecule has 0 aromatic heterocycles. The highest BCUT2D eigenvalue weighted by Crippen LogP contribution is 2.17. The molecule has 1 amide bonds. The number of rotatable bonds is 4. The SMILES string of the molecule is CNCc1cccc(NC(=O)c2ccc(Cl)cc2F)c1. The van der Waals surface area contributed by atoms with E-state index in [1.54, 1.807) is 6.07 Å². The molecule has 0 saturated carbocycles. The topological polar surface area (TPSA) is 41.1 Å². The Morgan fingerprint density at radius 1 is 1.25 bits per heavy atom. The van der Waals surface area contributed by atoms with E-state index in [1.807, 2.05) is 25.2 Å². The normalized spacial score (nSPS) is 10.3. The van der Waals surface area contributed by atoms with Gasteiger partial charge in [-0.3, -0.25) is 4.79 Å². The molecular formula is C15H14ClFN2O. The average Bonchev–Trinajstić information content (AvgIpc) is 2.39. The van der Waals surface area contributed by atoms with Gasteiger partial charge in [-0.15, -0.1) is 0 Å². The maximum absolute atomic E-state index is 13.6. The minimum absolute atomic E-state index is 0.0339. The number of nitrogens with one attached hydrogen (secondary N) is 2. The third kappa shape index (κ3) is 3.56. The molecule has 0 heterocycles. The van der Waals surface area contributed by atoms with Gasteiger partial charge in [0, 0.05) is 17.3 Å². The van der Waals surface area contributed by atoms with Crippen molar-refractivity contribution < 1.29 is 9.18 Å². The van der Waals surface area contributed by atoms with E-state index in [4.69, 9.17) is 11.6 Å². The second kappa shape index (κ2) is 6.50. The molecule has 0 saturated heterocycles. The Kier molecular flexibility index (Phi) is 4.71. The first-order valence-corrected chi connectivity index (χ1v) is 6.48. The summed E-state index contributed by atoms with van der Waals surface area (Å²) in [4.78, 5) is 12.0. The summed E-state index contributed by atoms with van der Waals surface area (Å²) in [5.74, 6) is -1.14. The molecule has 2 aromatic carbocycles. The van der Waals surface area contributed by atoms with Gasteiger partial charge in [-0.25, -0.2) is 4.39 Å². The highest BCUT2D eigenvalue weighted by Gasteiger charge is 2.12. The van der Waals surface area contributed by atoms with Crippen molar-refractivity contribution >= 4 is 23.2 Å². The summed E-state index contributed by atoms with van der Waals surface area (Å²) in [5.41, 5.74) is 1.62. The Morgan fingerprint density at radius 3 is 2.75 bits per heavy atom. The molecule has 5 heteroatoms. The third-order valence-electron chi connectivity index (χ3n) is 2.74. The largest absolute Gasteiger partial charge is 0.322 e. The molecule has 20 heavy (non-hydrogen) atoms. The van der Waals surface area contributed by atoms with Gasteiger partial charge in [-0.05, 0) is 42.9 Å². The molecule has 0 fully saturated rings. The van der Waals surface area contributed by atoms with Crippen LogP contribution in [0, 0.1) is 5.82 Å². The van der Waals surface area contributed by atoms with Gasteiger partial charge in [0.25, 0.3) is 5.91 Å². The predicted octanol–water partition coefficient (Wildman–Crippen LogP) is 3.45. The smallest absolute Gasteiger partial charge is 0.258 e. The van der Waals surface area contributed by atoms with E-state index in [0.29, 0.717) is 12.2 Å². The standard InChI is InChI=1S/C15H14ClFN2O/c1-18-9-10-3-2-4-12(7-10)19-15(20)13-6-5-11(16)8-14(13)17/h2-8,18H,9H2,1H3,(H,19,20). The molecule has 0 atom stereocenters. The number of carbonyl (C=O) groups excluding carboxylic acids is 1. The van der Waals surface area contributed by atoms with Gasteiger partial charge in [0.15, 0.2) is 0 Å². The quantitative estimate of drug-likeness (QED) is 0.906. The molecule has 2 aromatic rings. The second-order valence-corrected chi connectivity index (χ2v) is 4.75. The Hall–Kier alpha value is -1.91. The van der Waals surface area contributed by atoms with E-state index >= 15 is 0 Å². The van der Waals surface area contributed by atoms with Crippen molar-refractivity contribution in [2.24, 2.45) is 0 Å². The summed E-state index contributed by atoms with van der Waals surface area (Å²) in [7, 11) is 1.84. The van der Waals surface area contributed by atoms with Crippen LogP contribution in [0.4, 0.5) is 10.1 Å². The van der Waals surface area contributed by atoms with Crippen LogP contribution in [0.1, 0.15) is 15.9 Å². The number of benzene rings is 2. The van der Waals surface area contributed by atoms with Crippen LogP contribution < -0.4 is 10.6 Å². The van der Waals surface area contributed by atoms with Gasteiger partial charge in [0.2, 0.25) is 0 Å². The Bertz CT molecular complexity index is 631. The lowest BCUT2D eigenvalue weighted by molar-refractivity contribution is 0.102. The summed E-state index contributed by atoms with van der Waals surface area (Å²) in [6.07, 6.45) is 0. The Balaban J connectivity index is 2.17. The van der Waals surface area contributed by atoms with Crippen LogP contribution in [0.15, 0.2) is 42.5 Å². The molecule has 0 aliphatic carbocycles. The lowest BCUT2D eigenvalue weighted by atomic mass is 10.1. The van der Waals surface area contributed by atoms with Gasteiger partial charge in [-0.1, -0.05) is 23.7 Å². The van der Waals surface area contributed by atoms with E-state index in [1.165, 1.54) is 12.1 Å². The van der Waals surface area contributed by atoms with Crippen LogP contribution in [-0.4, -0.2) is 13.0 Å². The summed E-state index contributed by atoms with van der Waals surface area (Å²) in [6, 6.07) is 11.3. The molecular weight excluding hydrogens is 279 g/mol. The van der Waals surface area contributed by atoms with Crippen molar-refractivity contribution in [3.8, 4) is 0 Å². The highest BCUT2D eigenvalue weighted by molar-refractivity contribution is 6.30. The van der Waals surface area contributed by atoms with E-state index in [0.717, 1.165) is 11.6 Å². The van der Waals surface area contributed by atoms with Gasteiger partial charge in [0.1, 0.15) is 5.82 Å². The zero-order valence-electron chi connectivity index (χ0n) is 10.9. The van der Waals surface area contributed by atoms with Gasteiger partial charge < -0.3 is 10.6 Å². The van der Waals surface area contributed by atoms with Crippen LogP contribution in [0.3, 0.4) is 0 Å². The number of amides is 1. The van der Waals surface area contributed by atoms with Crippen LogP contribution in [-0.2, 0) is 6.54 Å². The number of carbonyl (C=O) groups is 1. The first kappa shape index (κ1) is 14.5. The van der Waals surface area contributed by atoms with E-state index in [2.05, 4.69) is 10.6 Å². The predicted molar refractivity (Wildman–Crippen MR) is 78.6 cm³/mol. The van der Waals surface area contributed by atoms with Crippen molar-refractivity contribution in [2.45, 2.75) is 6.54 Å². The minimum Gasteiger partial charge on any atom is -0.322 e. The zero-order chi connectivity index (χ0) is 14.5. The van der Waals surface area contributed by atoms with Crippen molar-refractivity contribution in [3.63, 3.8) is 0 Å². The molecule has 0 aliphatic rings. The molecule has 3 nitrogen and oxygen atoms in total. The van der Waals surface area contributed by atoms with Crippen LogP contribution in [0.2, 0.25) is 5.02 Å². The lowest BCUT2D eigenvalue weighted by Crippen LogP contribution is -2.14. The number of hydrogen-bond donors (Lipinski definition) is 2. The van der Waals surface area contributed by atoms with Crippen molar-refractivity contribution in [1.82, 2.24) is 5.32 Å². The van der Waals surface area contributed by atoms with Gasteiger partial charge in [0.05, 0.1) is 5.56 Å². The molecule has 0 radical (unpaired) electrons. The van der Waals surface area contributed by atoms with Crippen LogP contribution >= 0.6 is 11.6 Å². The third-order valence-corrected chi connectivity index (χ3v) is 2.98. The number of anilines is 1. The molecule has 104 valence electrons. The monoisotopic (exact) mass is 292 g/mol. The van der Waals surface area contributed by atoms with E-state index in [-0.39, 0.29) is 10.6 Å². The summed E-state index contributed by atoms with van der Waals surface area (Å²) in [5, 5.41) is 5.95. The molecule has 2 N–H and O–H groups in total. The fourth-order valence-electron chi connectivity index (χ4n) is 1.84. The fourth-order valence-corrected chi connectivity index (χ4v) is 1.99. The lowest BCUT2D eigenvalue weighted by Gasteiger charge is -2.08. The fraction of sp³-hybridized carbons (Fsp3) is 0.133. The number of halogens is 2. The summed E-state index contributed by atoms with van der Waals surface area (Å²) in [6.45, 7) is 0.693. The van der Waals surface area contributed by atoms with Gasteiger partial charge in [-0.2, -0.15) is 0 Å². The average molecular weight is 293 g/mol. The highest BCUT2D eigenvalue weighted by atomic mass is 35.5.